The molecule has 5 heteroatoms. The van der Waals surface area contributed by atoms with Crippen molar-refractivity contribution in [1.82, 2.24) is 0 Å². The molecule has 0 unspecified atom stereocenters. The summed E-state index contributed by atoms with van der Waals surface area (Å²) < 4.78 is 24.1. The lowest BCUT2D eigenvalue weighted by Gasteiger charge is -2.34. The van der Waals surface area contributed by atoms with Crippen LogP contribution in [0.4, 0.5) is 0 Å². The van der Waals surface area contributed by atoms with Crippen molar-refractivity contribution in [1.29, 1.82) is 0 Å². The molecule has 2 heterocycles. The van der Waals surface area contributed by atoms with Crippen LogP contribution in [0.15, 0.2) is 30.3 Å². The van der Waals surface area contributed by atoms with Crippen molar-refractivity contribution in [3.8, 4) is 0 Å². The van der Waals surface area contributed by atoms with Crippen molar-refractivity contribution >= 4 is 0 Å². The molecule has 3 aliphatic rings. The van der Waals surface area contributed by atoms with Crippen LogP contribution in [-0.2, 0) is 25.6 Å². The number of ether oxygens (including phenoxy) is 4. The molecule has 3 fully saturated rings. The van der Waals surface area contributed by atoms with E-state index in [0.29, 0.717) is 19.4 Å². The molecule has 1 aliphatic carbocycles. The van der Waals surface area contributed by atoms with E-state index in [-0.39, 0.29) is 12.2 Å². The molecule has 0 amide bonds. The van der Waals surface area contributed by atoms with Crippen molar-refractivity contribution in [3.05, 3.63) is 35.9 Å². The van der Waals surface area contributed by atoms with Crippen LogP contribution in [0.1, 0.15) is 32.3 Å². The lowest BCUT2D eigenvalue weighted by molar-refractivity contribution is -0.240. The van der Waals surface area contributed by atoms with Crippen molar-refractivity contribution in [3.63, 3.8) is 0 Å². The van der Waals surface area contributed by atoms with Gasteiger partial charge >= 0.3 is 0 Å². The zero-order valence-corrected chi connectivity index (χ0v) is 12.9. The Morgan fingerprint density at radius 3 is 2.73 bits per heavy atom. The molecular weight excluding hydrogens is 284 g/mol. The van der Waals surface area contributed by atoms with E-state index in [0.717, 1.165) is 5.56 Å². The summed E-state index contributed by atoms with van der Waals surface area (Å²) in [6.45, 7) is 4.22. The smallest absolute Gasteiger partial charge is 0.190 e. The Morgan fingerprint density at radius 1 is 1.18 bits per heavy atom. The number of benzene rings is 1. The Labute approximate surface area is 130 Å². The Bertz CT molecular complexity index is 545. The molecule has 0 bridgehead atoms. The van der Waals surface area contributed by atoms with Gasteiger partial charge in [-0.05, 0) is 32.3 Å². The average Bonchev–Trinajstić information content (AvgIpc) is 3.06. The van der Waals surface area contributed by atoms with Gasteiger partial charge in [0.05, 0.1) is 12.7 Å². The Kier molecular flexibility index (Phi) is 3.33. The second-order valence-electron chi connectivity index (χ2n) is 6.82. The molecule has 0 spiro atoms. The van der Waals surface area contributed by atoms with Crippen LogP contribution in [0.25, 0.3) is 0 Å². The highest BCUT2D eigenvalue weighted by molar-refractivity contribution is 5.16. The van der Waals surface area contributed by atoms with Crippen LogP contribution in [0.3, 0.4) is 0 Å². The quantitative estimate of drug-likeness (QED) is 0.925. The van der Waals surface area contributed by atoms with Crippen molar-refractivity contribution in [2.24, 2.45) is 0 Å². The lowest BCUT2D eigenvalue weighted by atomic mass is 9.94. The normalized spacial score (nSPS) is 42.3. The van der Waals surface area contributed by atoms with Gasteiger partial charge in [-0.3, -0.25) is 0 Å². The van der Waals surface area contributed by atoms with E-state index in [9.17, 15) is 5.11 Å². The highest BCUT2D eigenvalue weighted by Gasteiger charge is 2.68. The van der Waals surface area contributed by atoms with E-state index in [4.69, 9.17) is 18.9 Å². The number of hydrogen-bond donors (Lipinski definition) is 1. The third-order valence-electron chi connectivity index (χ3n) is 4.83. The van der Waals surface area contributed by atoms with Crippen LogP contribution in [-0.4, -0.2) is 41.1 Å². The minimum Gasteiger partial charge on any atom is -0.390 e. The molecule has 120 valence electrons. The maximum absolute atomic E-state index is 10.2. The first kappa shape index (κ1) is 14.6. The van der Waals surface area contributed by atoms with Crippen LogP contribution in [0.2, 0.25) is 0 Å². The minimum absolute atomic E-state index is 0.298. The summed E-state index contributed by atoms with van der Waals surface area (Å²) in [6.07, 6.45) is -0.309. The average molecular weight is 306 g/mol. The molecule has 1 N–H and O–H groups in total. The molecule has 1 aromatic carbocycles. The second-order valence-corrected chi connectivity index (χ2v) is 6.82. The molecule has 4 rings (SSSR count). The summed E-state index contributed by atoms with van der Waals surface area (Å²) in [6, 6.07) is 10.0. The number of rotatable bonds is 3. The minimum atomic E-state index is -0.684. The van der Waals surface area contributed by atoms with E-state index in [1.165, 1.54) is 0 Å². The first-order valence-corrected chi connectivity index (χ1v) is 7.87. The molecule has 22 heavy (non-hydrogen) atoms. The maximum Gasteiger partial charge on any atom is 0.190 e. The summed E-state index contributed by atoms with van der Waals surface area (Å²) in [4.78, 5) is 0. The monoisotopic (exact) mass is 306 g/mol. The fourth-order valence-corrected chi connectivity index (χ4v) is 3.84. The summed E-state index contributed by atoms with van der Waals surface area (Å²) in [5.41, 5.74) is 0.465. The van der Waals surface area contributed by atoms with E-state index < -0.39 is 23.8 Å². The highest BCUT2D eigenvalue weighted by atomic mass is 16.8. The Hall–Kier alpha value is -0.980. The third-order valence-corrected chi connectivity index (χ3v) is 4.83. The van der Waals surface area contributed by atoms with E-state index in [1.54, 1.807) is 0 Å². The number of aliphatic hydroxyl groups excluding tert-OH is 1. The predicted octanol–water partition coefficient (Wildman–Crippen LogP) is 1.97. The number of fused-ring (bicyclic) bond motifs is 3. The first-order chi connectivity index (χ1) is 10.5. The summed E-state index contributed by atoms with van der Waals surface area (Å²) in [5.74, 6) is -0.684. The van der Waals surface area contributed by atoms with Gasteiger partial charge < -0.3 is 24.1 Å². The maximum atomic E-state index is 10.2. The molecule has 2 aliphatic heterocycles. The highest BCUT2D eigenvalue weighted by Crippen LogP contribution is 2.52. The molecule has 5 nitrogen and oxygen atoms in total. The van der Waals surface area contributed by atoms with Gasteiger partial charge in [-0.25, -0.2) is 0 Å². The van der Waals surface area contributed by atoms with Crippen molar-refractivity contribution in [2.45, 2.75) is 69.3 Å². The van der Waals surface area contributed by atoms with Gasteiger partial charge in [0.25, 0.3) is 0 Å². The van der Waals surface area contributed by atoms with Gasteiger partial charge in [0, 0.05) is 0 Å². The third kappa shape index (κ3) is 2.20. The molecule has 1 saturated carbocycles. The van der Waals surface area contributed by atoms with Gasteiger partial charge in [0.15, 0.2) is 12.1 Å². The van der Waals surface area contributed by atoms with Crippen LogP contribution >= 0.6 is 0 Å². The molecule has 0 radical (unpaired) electrons. The SMILES string of the molecule is CC1(C)O[C@H]2O[C@@H]3[C@@H](O)CC[C@]3(OCc3ccccc3)[C@H]2O1. The van der Waals surface area contributed by atoms with E-state index >= 15 is 0 Å². The fraction of sp³-hybridized carbons (Fsp3) is 0.647. The number of hydrogen-bond acceptors (Lipinski definition) is 5. The van der Waals surface area contributed by atoms with Crippen molar-refractivity contribution < 1.29 is 24.1 Å². The molecular formula is C17H22O5. The summed E-state index contributed by atoms with van der Waals surface area (Å²) in [7, 11) is 0. The lowest BCUT2D eigenvalue weighted by Crippen LogP contribution is -2.49. The Balaban J connectivity index is 1.58. The largest absolute Gasteiger partial charge is 0.390 e. The number of aliphatic hydroxyl groups is 1. The first-order valence-electron chi connectivity index (χ1n) is 7.87. The van der Waals surface area contributed by atoms with E-state index in [1.807, 2.05) is 44.2 Å². The van der Waals surface area contributed by atoms with Gasteiger partial charge in [-0.1, -0.05) is 30.3 Å². The summed E-state index contributed by atoms with van der Waals surface area (Å²) >= 11 is 0. The Morgan fingerprint density at radius 2 is 1.95 bits per heavy atom. The van der Waals surface area contributed by atoms with Gasteiger partial charge in [-0.2, -0.15) is 0 Å². The molecule has 0 aromatic heterocycles. The summed E-state index contributed by atoms with van der Waals surface area (Å²) in [5, 5.41) is 10.2. The topological polar surface area (TPSA) is 57.2 Å². The van der Waals surface area contributed by atoms with Gasteiger partial charge in [-0.15, -0.1) is 0 Å². The van der Waals surface area contributed by atoms with Crippen molar-refractivity contribution in [2.75, 3.05) is 0 Å². The molecule has 1 aromatic rings. The zero-order chi connectivity index (χ0) is 15.4. The van der Waals surface area contributed by atoms with Gasteiger partial charge in [0.1, 0.15) is 17.8 Å². The fourth-order valence-electron chi connectivity index (χ4n) is 3.84. The second kappa shape index (κ2) is 5.01. The standard InChI is InChI=1S/C17H22O5/c1-16(2)21-14-15(22-16)20-13-12(18)8-9-17(13,14)19-10-11-6-4-3-5-7-11/h3-7,12-15,18H,8-10H2,1-2H3/t12-,13+,14-,15+,17+/m0/s1. The van der Waals surface area contributed by atoms with Crippen LogP contribution in [0.5, 0.6) is 0 Å². The molecule has 5 atom stereocenters. The van der Waals surface area contributed by atoms with Crippen LogP contribution in [0, 0.1) is 0 Å². The zero-order valence-electron chi connectivity index (χ0n) is 12.9. The van der Waals surface area contributed by atoms with Gasteiger partial charge in [0.2, 0.25) is 0 Å². The molecule has 2 saturated heterocycles. The van der Waals surface area contributed by atoms with Crippen LogP contribution < -0.4 is 0 Å². The predicted molar refractivity (Wildman–Crippen MR) is 77.9 cm³/mol. The van der Waals surface area contributed by atoms with E-state index in [2.05, 4.69) is 0 Å².